The Hall–Kier alpha value is -1.91. The SMILES string of the molecule is CCc1nn(Cc2cc(C)nn2C)c(CC)c1C=O. The first kappa shape index (κ1) is 13.5. The molecule has 19 heavy (non-hydrogen) atoms. The molecule has 5 nitrogen and oxygen atoms in total. The molecule has 0 aliphatic carbocycles. The van der Waals surface area contributed by atoms with E-state index in [9.17, 15) is 4.79 Å². The number of hydrogen-bond donors (Lipinski definition) is 0. The third-order valence-electron chi connectivity index (χ3n) is 3.37. The van der Waals surface area contributed by atoms with Gasteiger partial charge in [-0.2, -0.15) is 10.2 Å². The zero-order valence-corrected chi connectivity index (χ0v) is 12.0. The van der Waals surface area contributed by atoms with Crippen LogP contribution in [0.25, 0.3) is 0 Å². The lowest BCUT2D eigenvalue weighted by molar-refractivity contribution is 0.112. The van der Waals surface area contributed by atoms with E-state index < -0.39 is 0 Å². The molecular formula is C14H20N4O. The van der Waals surface area contributed by atoms with Gasteiger partial charge < -0.3 is 0 Å². The van der Waals surface area contributed by atoms with E-state index in [1.165, 1.54) is 0 Å². The van der Waals surface area contributed by atoms with E-state index in [1.54, 1.807) is 0 Å². The second kappa shape index (κ2) is 5.38. The van der Waals surface area contributed by atoms with Crippen LogP contribution in [0.15, 0.2) is 6.07 Å². The molecule has 2 rings (SSSR count). The van der Waals surface area contributed by atoms with Crippen molar-refractivity contribution in [3.05, 3.63) is 34.4 Å². The molecule has 0 aromatic carbocycles. The van der Waals surface area contributed by atoms with Crippen molar-refractivity contribution in [1.29, 1.82) is 0 Å². The highest BCUT2D eigenvalue weighted by Crippen LogP contribution is 2.16. The minimum atomic E-state index is 0.654. The molecule has 102 valence electrons. The molecule has 0 radical (unpaired) electrons. The summed E-state index contributed by atoms with van der Waals surface area (Å²) in [6, 6.07) is 2.05. The van der Waals surface area contributed by atoms with Gasteiger partial charge in [0.25, 0.3) is 0 Å². The number of aromatic nitrogens is 4. The van der Waals surface area contributed by atoms with Gasteiger partial charge in [0.1, 0.15) is 0 Å². The fraction of sp³-hybridized carbons (Fsp3) is 0.500. The minimum absolute atomic E-state index is 0.654. The van der Waals surface area contributed by atoms with Gasteiger partial charge in [-0.3, -0.25) is 14.2 Å². The summed E-state index contributed by atoms with van der Waals surface area (Å²) in [7, 11) is 1.93. The van der Waals surface area contributed by atoms with Gasteiger partial charge in [0.15, 0.2) is 6.29 Å². The molecule has 2 aromatic heterocycles. The Bertz CT molecular complexity index is 595. The van der Waals surface area contributed by atoms with Gasteiger partial charge in [-0.15, -0.1) is 0 Å². The molecule has 2 aromatic rings. The van der Waals surface area contributed by atoms with Crippen molar-refractivity contribution in [3.8, 4) is 0 Å². The van der Waals surface area contributed by atoms with Crippen LogP contribution < -0.4 is 0 Å². The summed E-state index contributed by atoms with van der Waals surface area (Å²) >= 11 is 0. The lowest BCUT2D eigenvalue weighted by atomic mass is 10.1. The summed E-state index contributed by atoms with van der Waals surface area (Å²) in [5, 5.41) is 8.90. The van der Waals surface area contributed by atoms with Crippen LogP contribution in [0.1, 0.15) is 47.0 Å². The predicted octanol–water partition coefficient (Wildman–Crippen LogP) is 1.91. The average molecular weight is 260 g/mol. The summed E-state index contributed by atoms with van der Waals surface area (Å²) in [5.74, 6) is 0. The topological polar surface area (TPSA) is 52.7 Å². The smallest absolute Gasteiger partial charge is 0.153 e. The van der Waals surface area contributed by atoms with Crippen molar-refractivity contribution in [2.75, 3.05) is 0 Å². The van der Waals surface area contributed by atoms with Crippen molar-refractivity contribution < 1.29 is 4.79 Å². The molecule has 0 N–H and O–H groups in total. The van der Waals surface area contributed by atoms with Crippen molar-refractivity contribution in [2.45, 2.75) is 40.2 Å². The number of carbonyl (C=O) groups is 1. The van der Waals surface area contributed by atoms with E-state index in [-0.39, 0.29) is 0 Å². The molecule has 0 saturated heterocycles. The predicted molar refractivity (Wildman–Crippen MR) is 73.4 cm³/mol. The number of aryl methyl sites for hydroxylation is 3. The van der Waals surface area contributed by atoms with Crippen LogP contribution >= 0.6 is 0 Å². The van der Waals surface area contributed by atoms with Gasteiger partial charge in [-0.1, -0.05) is 13.8 Å². The highest BCUT2D eigenvalue weighted by Gasteiger charge is 2.15. The summed E-state index contributed by atoms with van der Waals surface area (Å²) in [5.41, 5.74) is 4.73. The molecule has 0 aliphatic rings. The Balaban J connectivity index is 2.42. The lowest BCUT2D eigenvalue weighted by Gasteiger charge is -2.06. The molecule has 0 atom stereocenters. The number of hydrogen-bond acceptors (Lipinski definition) is 3. The standard InChI is InChI=1S/C14H20N4O/c1-5-13-12(9-19)14(6-2)18(16-13)8-11-7-10(3)15-17(11)4/h7,9H,5-6,8H2,1-4H3. The van der Waals surface area contributed by atoms with E-state index in [1.807, 2.05) is 36.3 Å². The average Bonchev–Trinajstić information content (AvgIpc) is 2.89. The minimum Gasteiger partial charge on any atom is -0.298 e. The highest BCUT2D eigenvalue weighted by molar-refractivity contribution is 5.78. The zero-order chi connectivity index (χ0) is 14.0. The summed E-state index contributed by atoms with van der Waals surface area (Å²) < 4.78 is 3.79. The molecule has 0 bridgehead atoms. The number of carbonyl (C=O) groups excluding carboxylic acids is 1. The monoisotopic (exact) mass is 260 g/mol. The maximum absolute atomic E-state index is 11.2. The van der Waals surface area contributed by atoms with Crippen molar-refractivity contribution in [2.24, 2.45) is 7.05 Å². The summed E-state index contributed by atoms with van der Waals surface area (Å²) in [4.78, 5) is 11.2. The Kier molecular flexibility index (Phi) is 3.83. The molecule has 0 spiro atoms. The number of nitrogens with zero attached hydrogens (tertiary/aromatic N) is 4. The van der Waals surface area contributed by atoms with Gasteiger partial charge in [0.2, 0.25) is 0 Å². The van der Waals surface area contributed by atoms with Crippen molar-refractivity contribution >= 4 is 6.29 Å². The Morgan fingerprint density at radius 3 is 2.47 bits per heavy atom. The molecule has 0 aliphatic heterocycles. The summed E-state index contributed by atoms with van der Waals surface area (Å²) in [6.45, 7) is 6.70. The van der Waals surface area contributed by atoms with Gasteiger partial charge in [-0.25, -0.2) is 0 Å². The Morgan fingerprint density at radius 2 is 2.00 bits per heavy atom. The van der Waals surface area contributed by atoms with Crippen LogP contribution in [0.4, 0.5) is 0 Å². The highest BCUT2D eigenvalue weighted by atomic mass is 16.1. The van der Waals surface area contributed by atoms with Crippen molar-refractivity contribution in [3.63, 3.8) is 0 Å². The van der Waals surface area contributed by atoms with Crippen LogP contribution in [0.2, 0.25) is 0 Å². The van der Waals surface area contributed by atoms with Crippen LogP contribution in [0, 0.1) is 6.92 Å². The van der Waals surface area contributed by atoms with E-state index in [4.69, 9.17) is 0 Å². The quantitative estimate of drug-likeness (QED) is 0.772. The molecule has 2 heterocycles. The van der Waals surface area contributed by atoms with E-state index in [2.05, 4.69) is 17.1 Å². The van der Waals surface area contributed by atoms with Crippen LogP contribution in [0.5, 0.6) is 0 Å². The normalized spacial score (nSPS) is 10.9. The Morgan fingerprint density at radius 1 is 1.26 bits per heavy atom. The third-order valence-corrected chi connectivity index (χ3v) is 3.37. The molecule has 0 fully saturated rings. The van der Waals surface area contributed by atoms with Crippen LogP contribution in [-0.2, 0) is 26.4 Å². The number of rotatable bonds is 5. The molecular weight excluding hydrogens is 240 g/mol. The molecule has 0 amide bonds. The van der Waals surface area contributed by atoms with Gasteiger partial charge in [-0.05, 0) is 25.8 Å². The van der Waals surface area contributed by atoms with Crippen LogP contribution in [0.3, 0.4) is 0 Å². The largest absolute Gasteiger partial charge is 0.298 e. The molecule has 0 unspecified atom stereocenters. The number of aldehydes is 1. The van der Waals surface area contributed by atoms with Gasteiger partial charge in [0, 0.05) is 12.7 Å². The first-order valence-corrected chi connectivity index (χ1v) is 6.63. The third kappa shape index (κ3) is 2.45. The fourth-order valence-corrected chi connectivity index (χ4v) is 2.43. The van der Waals surface area contributed by atoms with Gasteiger partial charge in [0.05, 0.1) is 29.2 Å². The lowest BCUT2D eigenvalue weighted by Crippen LogP contribution is -2.10. The van der Waals surface area contributed by atoms with Crippen molar-refractivity contribution in [1.82, 2.24) is 19.6 Å². The van der Waals surface area contributed by atoms with E-state index in [0.717, 1.165) is 47.5 Å². The van der Waals surface area contributed by atoms with Gasteiger partial charge >= 0.3 is 0 Å². The summed E-state index contributed by atoms with van der Waals surface area (Å²) in [6.07, 6.45) is 2.51. The first-order chi connectivity index (χ1) is 9.10. The second-order valence-corrected chi connectivity index (χ2v) is 4.69. The maximum Gasteiger partial charge on any atom is 0.153 e. The van der Waals surface area contributed by atoms with E-state index in [0.29, 0.717) is 6.54 Å². The Labute approximate surface area is 113 Å². The van der Waals surface area contributed by atoms with Crippen LogP contribution in [-0.4, -0.2) is 25.8 Å². The molecule has 5 heteroatoms. The zero-order valence-electron chi connectivity index (χ0n) is 12.0. The van der Waals surface area contributed by atoms with E-state index >= 15 is 0 Å². The second-order valence-electron chi connectivity index (χ2n) is 4.69. The molecule has 0 saturated carbocycles. The maximum atomic E-state index is 11.2. The fourth-order valence-electron chi connectivity index (χ4n) is 2.43. The first-order valence-electron chi connectivity index (χ1n) is 6.63.